The van der Waals surface area contributed by atoms with Crippen molar-refractivity contribution in [2.24, 2.45) is 5.92 Å². The van der Waals surface area contributed by atoms with E-state index in [1.807, 2.05) is 19.1 Å². The number of amides is 2. The Morgan fingerprint density at radius 3 is 2.78 bits per heavy atom. The predicted octanol–water partition coefficient (Wildman–Crippen LogP) is 2.31. The van der Waals surface area contributed by atoms with Gasteiger partial charge in [0.15, 0.2) is 0 Å². The van der Waals surface area contributed by atoms with E-state index < -0.39 is 5.54 Å². The molecule has 1 saturated carbocycles. The largest absolute Gasteiger partial charge is 0.343 e. The number of hydrogen-bond donors (Lipinski definition) is 2. The smallest absolute Gasteiger partial charge is 0.251 e. The van der Waals surface area contributed by atoms with E-state index in [0.717, 1.165) is 18.4 Å². The molecule has 122 valence electrons. The fraction of sp³-hybridized carbons (Fsp3) is 0.500. The fourth-order valence-electron chi connectivity index (χ4n) is 3.19. The van der Waals surface area contributed by atoms with Crippen LogP contribution < -0.4 is 10.6 Å². The second kappa shape index (κ2) is 7.28. The number of rotatable bonds is 4. The first kappa shape index (κ1) is 17.0. The van der Waals surface area contributed by atoms with E-state index in [0.29, 0.717) is 24.3 Å². The van der Waals surface area contributed by atoms with Crippen molar-refractivity contribution < 1.29 is 9.59 Å². The molecule has 1 aromatic rings. The van der Waals surface area contributed by atoms with Crippen LogP contribution in [-0.2, 0) is 4.79 Å². The van der Waals surface area contributed by atoms with Gasteiger partial charge in [-0.2, -0.15) is 5.26 Å². The molecule has 0 radical (unpaired) electrons. The summed E-state index contributed by atoms with van der Waals surface area (Å²) in [5.74, 6) is -0.172. The molecule has 1 aliphatic carbocycles. The van der Waals surface area contributed by atoms with Gasteiger partial charge in [-0.1, -0.05) is 31.5 Å². The molecule has 1 fully saturated rings. The molecule has 1 aromatic carbocycles. The van der Waals surface area contributed by atoms with Crippen LogP contribution in [0.4, 0.5) is 0 Å². The highest BCUT2D eigenvalue weighted by molar-refractivity contribution is 5.97. The molecular weight excluding hydrogens is 290 g/mol. The molecule has 0 aliphatic heterocycles. The second-order valence-electron chi connectivity index (χ2n) is 6.44. The Morgan fingerprint density at radius 2 is 2.13 bits per heavy atom. The highest BCUT2D eigenvalue weighted by Gasteiger charge is 2.36. The van der Waals surface area contributed by atoms with E-state index in [1.54, 1.807) is 12.1 Å². The molecule has 0 bridgehead atoms. The lowest BCUT2D eigenvalue weighted by Gasteiger charge is -2.35. The summed E-state index contributed by atoms with van der Waals surface area (Å²) in [5, 5.41) is 14.9. The Hall–Kier alpha value is -2.35. The van der Waals surface area contributed by atoms with Gasteiger partial charge in [-0.15, -0.1) is 0 Å². The number of hydrogen-bond acceptors (Lipinski definition) is 3. The predicted molar refractivity (Wildman–Crippen MR) is 87.6 cm³/mol. The average Bonchev–Trinajstić information content (AvgIpc) is 2.53. The molecule has 0 saturated heterocycles. The van der Waals surface area contributed by atoms with Gasteiger partial charge in [0.2, 0.25) is 5.91 Å². The number of benzene rings is 1. The molecule has 0 heterocycles. The molecule has 1 aliphatic rings. The van der Waals surface area contributed by atoms with Crippen LogP contribution >= 0.6 is 0 Å². The highest BCUT2D eigenvalue weighted by atomic mass is 16.2. The molecule has 2 rings (SSSR count). The zero-order chi connectivity index (χ0) is 16.9. The van der Waals surface area contributed by atoms with E-state index >= 15 is 0 Å². The van der Waals surface area contributed by atoms with E-state index in [-0.39, 0.29) is 18.4 Å². The number of aryl methyl sites for hydroxylation is 1. The molecule has 23 heavy (non-hydrogen) atoms. The van der Waals surface area contributed by atoms with Crippen molar-refractivity contribution in [2.45, 2.75) is 45.1 Å². The first-order chi connectivity index (χ1) is 11.0. The number of carbonyl (C=O) groups is 2. The third-order valence-corrected chi connectivity index (χ3v) is 4.39. The summed E-state index contributed by atoms with van der Waals surface area (Å²) in [5.41, 5.74) is 0.629. The van der Waals surface area contributed by atoms with Crippen molar-refractivity contribution in [2.75, 3.05) is 6.54 Å². The molecule has 5 nitrogen and oxygen atoms in total. The first-order valence-corrected chi connectivity index (χ1v) is 8.02. The van der Waals surface area contributed by atoms with Gasteiger partial charge in [-0.25, -0.2) is 0 Å². The van der Waals surface area contributed by atoms with Crippen LogP contribution in [0, 0.1) is 24.2 Å². The number of nitrogens with zero attached hydrogens (tertiary/aromatic N) is 1. The number of nitriles is 1. The van der Waals surface area contributed by atoms with Crippen LogP contribution in [0.2, 0.25) is 0 Å². The summed E-state index contributed by atoms with van der Waals surface area (Å²) in [7, 11) is 0. The summed E-state index contributed by atoms with van der Waals surface area (Å²) in [4.78, 5) is 24.2. The minimum Gasteiger partial charge on any atom is -0.343 e. The molecular formula is C18H23N3O2. The van der Waals surface area contributed by atoms with Crippen LogP contribution in [-0.4, -0.2) is 23.9 Å². The SMILES string of the molecule is Cc1ccccc1C(=O)NCC(=O)N[C@@]1(C#N)CCC[C@H](C)C1. The van der Waals surface area contributed by atoms with Crippen LogP contribution in [0.1, 0.15) is 48.5 Å². The van der Waals surface area contributed by atoms with Crippen molar-refractivity contribution in [3.8, 4) is 6.07 Å². The molecule has 0 spiro atoms. The zero-order valence-electron chi connectivity index (χ0n) is 13.7. The maximum Gasteiger partial charge on any atom is 0.251 e. The van der Waals surface area contributed by atoms with E-state index in [9.17, 15) is 14.9 Å². The van der Waals surface area contributed by atoms with Gasteiger partial charge in [0, 0.05) is 5.56 Å². The summed E-state index contributed by atoms with van der Waals surface area (Å²) in [6.45, 7) is 3.82. The topological polar surface area (TPSA) is 82.0 Å². The van der Waals surface area contributed by atoms with E-state index in [2.05, 4.69) is 23.6 Å². The van der Waals surface area contributed by atoms with Crippen molar-refractivity contribution in [1.82, 2.24) is 10.6 Å². The van der Waals surface area contributed by atoms with Crippen molar-refractivity contribution in [3.05, 3.63) is 35.4 Å². The summed E-state index contributed by atoms with van der Waals surface area (Å²) < 4.78 is 0. The fourth-order valence-corrected chi connectivity index (χ4v) is 3.19. The summed E-state index contributed by atoms with van der Waals surface area (Å²) in [6, 6.07) is 9.49. The maximum absolute atomic E-state index is 12.1. The lowest BCUT2D eigenvalue weighted by Crippen LogP contribution is -2.52. The lowest BCUT2D eigenvalue weighted by atomic mass is 9.77. The number of nitrogens with one attached hydrogen (secondary N) is 2. The highest BCUT2D eigenvalue weighted by Crippen LogP contribution is 2.31. The first-order valence-electron chi connectivity index (χ1n) is 8.02. The molecule has 0 aromatic heterocycles. The van der Waals surface area contributed by atoms with Gasteiger partial charge < -0.3 is 10.6 Å². The van der Waals surface area contributed by atoms with E-state index in [1.165, 1.54) is 0 Å². The third kappa shape index (κ3) is 4.32. The lowest BCUT2D eigenvalue weighted by molar-refractivity contribution is -0.121. The normalized spacial score (nSPS) is 23.6. The van der Waals surface area contributed by atoms with Gasteiger partial charge >= 0.3 is 0 Å². The van der Waals surface area contributed by atoms with Crippen LogP contribution in [0.25, 0.3) is 0 Å². The van der Waals surface area contributed by atoms with E-state index in [4.69, 9.17) is 0 Å². The Kier molecular flexibility index (Phi) is 5.38. The average molecular weight is 313 g/mol. The third-order valence-electron chi connectivity index (χ3n) is 4.39. The monoisotopic (exact) mass is 313 g/mol. The quantitative estimate of drug-likeness (QED) is 0.895. The summed E-state index contributed by atoms with van der Waals surface area (Å²) >= 11 is 0. The number of carbonyl (C=O) groups excluding carboxylic acids is 2. The summed E-state index contributed by atoms with van der Waals surface area (Å²) in [6.07, 6.45) is 3.36. The zero-order valence-corrected chi connectivity index (χ0v) is 13.7. The van der Waals surface area contributed by atoms with Gasteiger partial charge in [-0.3, -0.25) is 9.59 Å². The van der Waals surface area contributed by atoms with Crippen molar-refractivity contribution >= 4 is 11.8 Å². The Bertz CT molecular complexity index is 635. The molecule has 0 unspecified atom stereocenters. The van der Waals surface area contributed by atoms with Gasteiger partial charge in [0.05, 0.1) is 12.6 Å². The standard InChI is InChI=1S/C18H23N3O2/c1-13-6-5-9-18(10-13,12-19)21-16(22)11-20-17(23)15-8-4-3-7-14(15)2/h3-4,7-8,13H,5-6,9-11H2,1-2H3,(H,20,23)(H,21,22)/t13-,18-/m0/s1. The van der Waals surface area contributed by atoms with Crippen molar-refractivity contribution in [3.63, 3.8) is 0 Å². The van der Waals surface area contributed by atoms with Crippen LogP contribution in [0.15, 0.2) is 24.3 Å². The Labute approximate surface area is 137 Å². The van der Waals surface area contributed by atoms with Crippen molar-refractivity contribution in [1.29, 1.82) is 5.26 Å². The van der Waals surface area contributed by atoms with Crippen LogP contribution in [0.5, 0.6) is 0 Å². The van der Waals surface area contributed by atoms with Gasteiger partial charge in [0.1, 0.15) is 5.54 Å². The Morgan fingerprint density at radius 1 is 1.39 bits per heavy atom. The van der Waals surface area contributed by atoms with Gasteiger partial charge in [0.25, 0.3) is 5.91 Å². The Balaban J connectivity index is 1.91. The maximum atomic E-state index is 12.1. The molecule has 2 N–H and O–H groups in total. The minimum atomic E-state index is -0.790. The molecule has 2 amide bonds. The molecule has 2 atom stereocenters. The van der Waals surface area contributed by atoms with Crippen LogP contribution in [0.3, 0.4) is 0 Å². The van der Waals surface area contributed by atoms with Gasteiger partial charge in [-0.05, 0) is 43.7 Å². The second-order valence-corrected chi connectivity index (χ2v) is 6.44. The molecule has 5 heteroatoms. The minimum absolute atomic E-state index is 0.120.